The third-order valence-corrected chi connectivity index (χ3v) is 5.14. The third-order valence-electron chi connectivity index (χ3n) is 5.14. The van der Waals surface area contributed by atoms with Crippen LogP contribution in [-0.4, -0.2) is 66.2 Å². The average Bonchev–Trinajstić information content (AvgIpc) is 2.96. The van der Waals surface area contributed by atoms with Crippen LogP contribution >= 0.6 is 0 Å². The second kappa shape index (κ2) is 7.50. The minimum absolute atomic E-state index is 0.0227. The molecule has 1 aromatic rings. The maximum atomic E-state index is 12.9. The number of aryl methyl sites for hydroxylation is 1. The Kier molecular flexibility index (Phi) is 5.47. The van der Waals surface area contributed by atoms with Gasteiger partial charge in [0.15, 0.2) is 0 Å². The number of rotatable bonds is 2. The van der Waals surface area contributed by atoms with Crippen molar-refractivity contribution in [3.63, 3.8) is 0 Å². The number of fused-ring (bicyclic) bond motifs is 1. The molecule has 0 aromatic heterocycles. The van der Waals surface area contributed by atoms with Gasteiger partial charge < -0.3 is 14.5 Å². The van der Waals surface area contributed by atoms with Gasteiger partial charge in [0.1, 0.15) is 5.60 Å². The van der Waals surface area contributed by atoms with E-state index in [1.54, 1.807) is 4.90 Å². The second-order valence-electron chi connectivity index (χ2n) is 8.69. The van der Waals surface area contributed by atoms with Gasteiger partial charge in [-0.25, -0.2) is 4.79 Å². The minimum Gasteiger partial charge on any atom is -0.444 e. The molecular formula is C21H31N3O3. The molecule has 2 aliphatic rings. The molecule has 2 aliphatic heterocycles. The lowest BCUT2D eigenvalue weighted by molar-refractivity contribution is -0.120. The van der Waals surface area contributed by atoms with Gasteiger partial charge in [-0.1, -0.05) is 12.1 Å². The van der Waals surface area contributed by atoms with E-state index in [2.05, 4.69) is 30.0 Å². The van der Waals surface area contributed by atoms with Crippen molar-refractivity contribution in [1.82, 2.24) is 9.80 Å². The Morgan fingerprint density at radius 2 is 1.93 bits per heavy atom. The summed E-state index contributed by atoms with van der Waals surface area (Å²) >= 11 is 0. The second-order valence-corrected chi connectivity index (χ2v) is 8.69. The summed E-state index contributed by atoms with van der Waals surface area (Å²) in [7, 11) is 0. The molecule has 6 heteroatoms. The summed E-state index contributed by atoms with van der Waals surface area (Å²) in [5.74, 6) is 0.136. The molecule has 1 saturated heterocycles. The first-order chi connectivity index (χ1) is 12.6. The van der Waals surface area contributed by atoms with Gasteiger partial charge in [0.25, 0.3) is 0 Å². The molecule has 0 N–H and O–H groups in total. The van der Waals surface area contributed by atoms with Gasteiger partial charge >= 0.3 is 6.09 Å². The zero-order chi connectivity index (χ0) is 19.8. The highest BCUT2D eigenvalue weighted by atomic mass is 16.6. The van der Waals surface area contributed by atoms with Gasteiger partial charge in [-0.2, -0.15) is 0 Å². The lowest BCUT2D eigenvalue weighted by Crippen LogP contribution is -2.56. The molecule has 0 aliphatic carbocycles. The van der Waals surface area contributed by atoms with Crippen molar-refractivity contribution in [2.24, 2.45) is 0 Å². The lowest BCUT2D eigenvalue weighted by Gasteiger charge is -2.40. The number of ether oxygens (including phenoxy) is 1. The Labute approximate surface area is 162 Å². The molecule has 1 atom stereocenters. The Hall–Kier alpha value is -2.08. The molecule has 0 radical (unpaired) electrons. The van der Waals surface area contributed by atoms with E-state index in [0.717, 1.165) is 18.7 Å². The maximum absolute atomic E-state index is 12.9. The summed E-state index contributed by atoms with van der Waals surface area (Å²) < 4.78 is 5.49. The van der Waals surface area contributed by atoms with Crippen LogP contribution in [0.25, 0.3) is 0 Å². The molecule has 2 heterocycles. The van der Waals surface area contributed by atoms with Gasteiger partial charge in [-0.05, 0) is 58.2 Å². The summed E-state index contributed by atoms with van der Waals surface area (Å²) in [6.07, 6.45) is 0.648. The summed E-state index contributed by atoms with van der Waals surface area (Å²) in [6, 6.07) is 6.35. The number of hydrogen-bond acceptors (Lipinski definition) is 4. The Morgan fingerprint density at radius 3 is 2.59 bits per heavy atom. The van der Waals surface area contributed by atoms with Crippen molar-refractivity contribution in [2.75, 3.05) is 37.6 Å². The van der Waals surface area contributed by atoms with E-state index in [-0.39, 0.29) is 18.0 Å². The van der Waals surface area contributed by atoms with Crippen LogP contribution in [0.15, 0.2) is 18.2 Å². The van der Waals surface area contributed by atoms with Gasteiger partial charge in [-0.15, -0.1) is 0 Å². The van der Waals surface area contributed by atoms with Gasteiger partial charge in [0.2, 0.25) is 5.91 Å². The molecule has 6 nitrogen and oxygen atoms in total. The summed E-state index contributed by atoms with van der Waals surface area (Å²) in [5, 5.41) is 0. The number of amides is 2. The third kappa shape index (κ3) is 4.61. The summed E-state index contributed by atoms with van der Waals surface area (Å²) in [6.45, 7) is 12.8. The van der Waals surface area contributed by atoms with Gasteiger partial charge in [0, 0.05) is 37.9 Å². The number of nitrogens with zero attached hydrogens (tertiary/aromatic N) is 3. The molecule has 3 rings (SSSR count). The Bertz CT molecular complexity index is 726. The molecule has 2 amide bonds. The highest BCUT2D eigenvalue weighted by Crippen LogP contribution is 2.29. The first-order valence-corrected chi connectivity index (χ1v) is 9.76. The SMILES string of the molecule is Cc1ccc2c(c1)N(C(=O)CN1CCN(C(=O)OC(C)(C)C)[C@H](C)C1)CC2. The number of hydrogen-bond donors (Lipinski definition) is 0. The van der Waals surface area contributed by atoms with Crippen LogP contribution in [0.1, 0.15) is 38.8 Å². The summed E-state index contributed by atoms with van der Waals surface area (Å²) in [5.41, 5.74) is 2.98. The van der Waals surface area contributed by atoms with Crippen LogP contribution < -0.4 is 4.90 Å². The molecule has 0 saturated carbocycles. The number of piperazine rings is 1. The molecule has 0 bridgehead atoms. The van der Waals surface area contributed by atoms with Gasteiger partial charge in [-0.3, -0.25) is 9.69 Å². The van der Waals surface area contributed by atoms with Crippen LogP contribution in [-0.2, 0) is 16.0 Å². The first-order valence-electron chi connectivity index (χ1n) is 9.76. The topological polar surface area (TPSA) is 53.1 Å². The molecule has 148 valence electrons. The Morgan fingerprint density at radius 1 is 1.19 bits per heavy atom. The highest BCUT2D eigenvalue weighted by molar-refractivity contribution is 5.96. The average molecular weight is 373 g/mol. The van der Waals surface area contributed by atoms with Crippen molar-refractivity contribution >= 4 is 17.7 Å². The molecular weight excluding hydrogens is 342 g/mol. The van der Waals surface area contributed by atoms with E-state index in [0.29, 0.717) is 26.2 Å². The van der Waals surface area contributed by atoms with E-state index >= 15 is 0 Å². The van der Waals surface area contributed by atoms with E-state index in [4.69, 9.17) is 4.74 Å². The van der Waals surface area contributed by atoms with Crippen molar-refractivity contribution < 1.29 is 14.3 Å². The zero-order valence-corrected chi connectivity index (χ0v) is 17.1. The van der Waals surface area contributed by atoms with E-state index in [9.17, 15) is 9.59 Å². The monoisotopic (exact) mass is 373 g/mol. The Balaban J connectivity index is 1.57. The van der Waals surface area contributed by atoms with Crippen molar-refractivity contribution in [3.8, 4) is 0 Å². The van der Waals surface area contributed by atoms with E-state index in [1.807, 2.05) is 32.6 Å². The fraction of sp³-hybridized carbons (Fsp3) is 0.619. The first kappa shape index (κ1) is 19.7. The van der Waals surface area contributed by atoms with Crippen molar-refractivity contribution in [3.05, 3.63) is 29.3 Å². The number of anilines is 1. The van der Waals surface area contributed by atoms with Crippen LogP contribution in [0, 0.1) is 6.92 Å². The molecule has 0 unspecified atom stereocenters. The molecule has 1 fully saturated rings. The van der Waals surface area contributed by atoms with Crippen LogP contribution in [0.3, 0.4) is 0 Å². The van der Waals surface area contributed by atoms with Crippen LogP contribution in [0.2, 0.25) is 0 Å². The molecule has 27 heavy (non-hydrogen) atoms. The molecule has 0 spiro atoms. The van der Waals surface area contributed by atoms with Gasteiger partial charge in [0.05, 0.1) is 6.54 Å². The van der Waals surface area contributed by atoms with Crippen LogP contribution in [0.4, 0.5) is 10.5 Å². The lowest BCUT2D eigenvalue weighted by atomic mass is 10.1. The number of carbonyl (C=O) groups is 2. The van der Waals surface area contributed by atoms with E-state index < -0.39 is 5.60 Å². The highest BCUT2D eigenvalue weighted by Gasteiger charge is 2.33. The molecule has 1 aromatic carbocycles. The zero-order valence-electron chi connectivity index (χ0n) is 17.1. The normalized spacial score (nSPS) is 20.6. The predicted octanol–water partition coefficient (Wildman–Crippen LogP) is 2.83. The fourth-order valence-corrected chi connectivity index (χ4v) is 3.79. The van der Waals surface area contributed by atoms with E-state index in [1.165, 1.54) is 11.1 Å². The largest absolute Gasteiger partial charge is 0.444 e. The van der Waals surface area contributed by atoms with Crippen LogP contribution in [0.5, 0.6) is 0 Å². The fourth-order valence-electron chi connectivity index (χ4n) is 3.79. The smallest absolute Gasteiger partial charge is 0.410 e. The predicted molar refractivity (Wildman–Crippen MR) is 106 cm³/mol. The standard InChI is InChI=1S/C21H31N3O3/c1-15-6-7-17-8-9-24(18(17)12-15)19(25)14-22-10-11-23(16(2)13-22)20(26)27-21(3,4)5/h6-7,12,16H,8-11,13-14H2,1-5H3/t16-/m1/s1. The summed E-state index contributed by atoms with van der Waals surface area (Å²) in [4.78, 5) is 31.0. The van der Waals surface area contributed by atoms with Crippen molar-refractivity contribution in [1.29, 1.82) is 0 Å². The number of carbonyl (C=O) groups excluding carboxylic acids is 2. The minimum atomic E-state index is -0.495. The maximum Gasteiger partial charge on any atom is 0.410 e. The van der Waals surface area contributed by atoms with Crippen molar-refractivity contribution in [2.45, 2.75) is 52.7 Å². The quantitative estimate of drug-likeness (QED) is 0.800. The number of benzene rings is 1.